The molecule has 1 heterocycles. The van der Waals surface area contributed by atoms with Crippen molar-refractivity contribution in [2.24, 2.45) is 7.05 Å². The van der Waals surface area contributed by atoms with E-state index in [1.54, 1.807) is 17.0 Å². The summed E-state index contributed by atoms with van der Waals surface area (Å²) in [5.41, 5.74) is 2.35. The lowest BCUT2D eigenvalue weighted by atomic mass is 10.1. The molecule has 0 saturated carbocycles. The molecule has 18 heavy (non-hydrogen) atoms. The fraction of sp³-hybridized carbons (Fsp3) is 0.143. The van der Waals surface area contributed by atoms with E-state index in [-0.39, 0.29) is 11.6 Å². The third-order valence-electron chi connectivity index (χ3n) is 2.82. The van der Waals surface area contributed by atoms with Crippen molar-refractivity contribution < 1.29 is 9.18 Å². The van der Waals surface area contributed by atoms with Crippen molar-refractivity contribution in [1.82, 2.24) is 9.78 Å². The Hall–Kier alpha value is -2.23. The minimum Gasteiger partial charge on any atom is -0.289 e. The number of aromatic nitrogens is 2. The second-order valence-corrected chi connectivity index (χ2v) is 4.01. The molecule has 1 aromatic heterocycles. The Morgan fingerprint density at radius 1 is 1.33 bits per heavy atom. The zero-order valence-electron chi connectivity index (χ0n) is 10.2. The van der Waals surface area contributed by atoms with Crippen LogP contribution in [0.4, 0.5) is 4.39 Å². The van der Waals surface area contributed by atoms with Crippen molar-refractivity contribution in [1.29, 1.82) is 0 Å². The zero-order valence-corrected chi connectivity index (χ0v) is 10.2. The Balaban J connectivity index is 2.16. The minimum absolute atomic E-state index is 0.154. The maximum Gasteiger partial charge on any atom is 0.185 e. The van der Waals surface area contributed by atoms with E-state index >= 15 is 0 Å². The molecule has 0 atom stereocenters. The number of aryl methyl sites for hydroxylation is 1. The minimum atomic E-state index is -0.348. The van der Waals surface area contributed by atoms with Gasteiger partial charge in [0.25, 0.3) is 0 Å². The van der Waals surface area contributed by atoms with Gasteiger partial charge in [0.05, 0.1) is 6.20 Å². The van der Waals surface area contributed by atoms with Crippen LogP contribution in [0.3, 0.4) is 0 Å². The van der Waals surface area contributed by atoms with Gasteiger partial charge >= 0.3 is 0 Å². The fourth-order valence-corrected chi connectivity index (χ4v) is 1.56. The number of halogens is 1. The smallest absolute Gasteiger partial charge is 0.185 e. The number of hydrogen-bond donors (Lipinski definition) is 0. The van der Waals surface area contributed by atoms with Crippen LogP contribution in [0.2, 0.25) is 0 Å². The molecule has 0 saturated heterocycles. The monoisotopic (exact) mass is 244 g/mol. The van der Waals surface area contributed by atoms with E-state index in [0.717, 1.165) is 11.3 Å². The van der Waals surface area contributed by atoms with Crippen LogP contribution in [0.1, 0.15) is 21.6 Å². The summed E-state index contributed by atoms with van der Waals surface area (Å²) < 4.78 is 14.5. The van der Waals surface area contributed by atoms with Crippen LogP contribution in [0.5, 0.6) is 0 Å². The molecule has 1 aromatic carbocycles. The number of rotatable bonds is 3. The summed E-state index contributed by atoms with van der Waals surface area (Å²) in [5, 5.41) is 4.08. The topological polar surface area (TPSA) is 34.9 Å². The van der Waals surface area contributed by atoms with E-state index in [4.69, 9.17) is 0 Å². The Bertz CT molecular complexity index is 597. The number of nitrogens with zero attached hydrogens (tertiary/aromatic N) is 2. The lowest BCUT2D eigenvalue weighted by molar-refractivity contribution is 0.104. The van der Waals surface area contributed by atoms with Gasteiger partial charge in [0.15, 0.2) is 5.78 Å². The molecule has 0 fully saturated rings. The van der Waals surface area contributed by atoms with E-state index in [0.29, 0.717) is 5.56 Å². The van der Waals surface area contributed by atoms with Crippen molar-refractivity contribution in [2.75, 3.05) is 0 Å². The third kappa shape index (κ3) is 2.53. The zero-order chi connectivity index (χ0) is 13.1. The highest BCUT2D eigenvalue weighted by Crippen LogP contribution is 2.10. The van der Waals surface area contributed by atoms with E-state index < -0.39 is 0 Å². The summed E-state index contributed by atoms with van der Waals surface area (Å²) in [6, 6.07) is 5.49. The molecular weight excluding hydrogens is 231 g/mol. The Kier molecular flexibility index (Phi) is 3.37. The number of carbonyl (C=O) groups excluding carboxylic acids is 1. The molecule has 0 bridgehead atoms. The number of hydrogen-bond acceptors (Lipinski definition) is 2. The van der Waals surface area contributed by atoms with Crippen LogP contribution in [0.15, 0.2) is 36.5 Å². The molecule has 0 radical (unpaired) electrons. The van der Waals surface area contributed by atoms with Gasteiger partial charge in [0.2, 0.25) is 0 Å². The Labute approximate surface area is 105 Å². The molecule has 0 unspecified atom stereocenters. The van der Waals surface area contributed by atoms with Crippen LogP contribution >= 0.6 is 0 Å². The third-order valence-corrected chi connectivity index (χ3v) is 2.82. The van der Waals surface area contributed by atoms with Gasteiger partial charge < -0.3 is 0 Å². The fourth-order valence-electron chi connectivity index (χ4n) is 1.56. The normalized spacial score (nSPS) is 11.1. The molecule has 0 aliphatic rings. The molecule has 3 nitrogen and oxygen atoms in total. The van der Waals surface area contributed by atoms with E-state index in [9.17, 15) is 9.18 Å². The number of allylic oxidation sites excluding steroid dienone is 1. The van der Waals surface area contributed by atoms with Crippen molar-refractivity contribution in [2.45, 2.75) is 6.92 Å². The first-order chi connectivity index (χ1) is 8.58. The number of benzene rings is 1. The summed E-state index contributed by atoms with van der Waals surface area (Å²) in [7, 11) is 1.84. The molecule has 4 heteroatoms. The van der Waals surface area contributed by atoms with E-state index in [2.05, 4.69) is 5.10 Å². The van der Waals surface area contributed by atoms with Crippen molar-refractivity contribution in [3.05, 3.63) is 59.2 Å². The lowest BCUT2D eigenvalue weighted by Gasteiger charge is -1.96. The van der Waals surface area contributed by atoms with E-state index in [1.165, 1.54) is 30.3 Å². The van der Waals surface area contributed by atoms with Gasteiger partial charge in [-0.3, -0.25) is 9.48 Å². The maximum atomic E-state index is 12.7. The summed E-state index contributed by atoms with van der Waals surface area (Å²) in [5.74, 6) is -0.503. The van der Waals surface area contributed by atoms with Crippen LogP contribution in [-0.4, -0.2) is 15.6 Å². The average molecular weight is 244 g/mol. The standard InChI is InChI=1S/C14H13FN2O/c1-10-12(9-16-17(10)2)5-8-14(18)11-3-6-13(15)7-4-11/h3-9H,1-2H3/b8-5+. The van der Waals surface area contributed by atoms with Gasteiger partial charge in [0, 0.05) is 23.9 Å². The summed E-state index contributed by atoms with van der Waals surface area (Å²) >= 11 is 0. The second kappa shape index (κ2) is 4.96. The SMILES string of the molecule is Cc1c(/C=C/C(=O)c2ccc(F)cc2)cnn1C. The van der Waals surface area contributed by atoms with Gasteiger partial charge in [-0.25, -0.2) is 4.39 Å². The van der Waals surface area contributed by atoms with E-state index in [1.807, 2.05) is 14.0 Å². The van der Waals surface area contributed by atoms with Gasteiger partial charge in [-0.05, 0) is 43.3 Å². The molecule has 92 valence electrons. The summed E-state index contributed by atoms with van der Waals surface area (Å²) in [4.78, 5) is 11.8. The highest BCUT2D eigenvalue weighted by Gasteiger charge is 2.03. The number of carbonyl (C=O) groups is 1. The molecule has 0 amide bonds. The van der Waals surface area contributed by atoms with Crippen molar-refractivity contribution in [3.63, 3.8) is 0 Å². The second-order valence-electron chi connectivity index (χ2n) is 4.01. The van der Waals surface area contributed by atoms with Crippen LogP contribution in [0.25, 0.3) is 6.08 Å². The molecule has 0 spiro atoms. The Morgan fingerprint density at radius 3 is 2.56 bits per heavy atom. The highest BCUT2D eigenvalue weighted by molar-refractivity contribution is 6.06. The van der Waals surface area contributed by atoms with Crippen LogP contribution < -0.4 is 0 Å². The van der Waals surface area contributed by atoms with Crippen molar-refractivity contribution in [3.8, 4) is 0 Å². The van der Waals surface area contributed by atoms with Gasteiger partial charge in [-0.1, -0.05) is 0 Å². The Morgan fingerprint density at radius 2 is 2.00 bits per heavy atom. The molecule has 0 aliphatic heterocycles. The van der Waals surface area contributed by atoms with Crippen LogP contribution in [-0.2, 0) is 7.05 Å². The molecule has 0 N–H and O–H groups in total. The first-order valence-electron chi connectivity index (χ1n) is 5.54. The van der Waals surface area contributed by atoms with Gasteiger partial charge in [0.1, 0.15) is 5.82 Å². The largest absolute Gasteiger partial charge is 0.289 e. The first kappa shape index (κ1) is 12.2. The summed E-state index contributed by atoms with van der Waals surface area (Å²) in [6.45, 7) is 1.93. The lowest BCUT2D eigenvalue weighted by Crippen LogP contribution is -1.94. The van der Waals surface area contributed by atoms with Gasteiger partial charge in [-0.15, -0.1) is 0 Å². The predicted molar refractivity (Wildman–Crippen MR) is 67.7 cm³/mol. The molecule has 0 aliphatic carbocycles. The summed E-state index contributed by atoms with van der Waals surface area (Å²) in [6.07, 6.45) is 4.88. The quantitative estimate of drug-likeness (QED) is 0.614. The first-order valence-corrected chi connectivity index (χ1v) is 5.54. The molecular formula is C14H13FN2O. The molecule has 2 aromatic rings. The van der Waals surface area contributed by atoms with Crippen LogP contribution in [0, 0.1) is 12.7 Å². The van der Waals surface area contributed by atoms with Gasteiger partial charge in [-0.2, -0.15) is 5.10 Å². The molecule has 2 rings (SSSR count). The predicted octanol–water partition coefficient (Wildman–Crippen LogP) is 2.76. The highest BCUT2D eigenvalue weighted by atomic mass is 19.1. The number of ketones is 1. The average Bonchev–Trinajstić information content (AvgIpc) is 2.68. The maximum absolute atomic E-state index is 12.7. The van der Waals surface area contributed by atoms with Crippen molar-refractivity contribution >= 4 is 11.9 Å².